The Labute approximate surface area is 172 Å². The summed E-state index contributed by atoms with van der Waals surface area (Å²) in [7, 11) is 0. The van der Waals surface area contributed by atoms with E-state index in [0.29, 0.717) is 42.1 Å². The Morgan fingerprint density at radius 2 is 2.17 bits per heavy atom. The minimum Gasteiger partial charge on any atom is -0.481 e. The van der Waals surface area contributed by atoms with Gasteiger partial charge in [0.1, 0.15) is 16.7 Å². The molecule has 3 heterocycles. The Balaban J connectivity index is 1.64. The van der Waals surface area contributed by atoms with Crippen molar-refractivity contribution in [3.8, 4) is 10.8 Å². The highest BCUT2D eigenvalue weighted by Crippen LogP contribution is 2.49. The number of nitrogens with zero attached hydrogens (tertiary/aromatic N) is 1. The maximum absolute atomic E-state index is 13.6. The van der Waals surface area contributed by atoms with Crippen molar-refractivity contribution in [1.29, 1.82) is 0 Å². The Hall–Kier alpha value is -2.48. The molecule has 4 rings (SSSR count). The smallest absolute Gasteiger partial charge is 0.303 e. The number of carbonyl (C=O) groups is 3. The molecular weight excluding hydrogens is 392 g/mol. The second kappa shape index (κ2) is 7.74. The zero-order valence-electron chi connectivity index (χ0n) is 16.3. The quantitative estimate of drug-likeness (QED) is 0.701. The highest BCUT2D eigenvalue weighted by molar-refractivity contribution is 7.20. The standard InChI is InChI=1S/C21H24N2O5S/c1-12-15-17(26)21(8-3-2-4-13(7-9-21)5-6-14(24)25)20(27)23-19(15)29-16(12)18-22-10-11-28-18/h10-11,13H,2-9H2,1H3,(H,23,27)(H,24,25). The number of fused-ring (bicyclic) bond motifs is 1. The van der Waals surface area contributed by atoms with Crippen LogP contribution < -0.4 is 5.32 Å². The van der Waals surface area contributed by atoms with Gasteiger partial charge in [0.2, 0.25) is 11.8 Å². The number of anilines is 1. The lowest BCUT2D eigenvalue weighted by molar-refractivity contribution is -0.137. The Kier molecular flexibility index (Phi) is 5.29. The van der Waals surface area contributed by atoms with E-state index in [1.165, 1.54) is 17.6 Å². The van der Waals surface area contributed by atoms with Crippen LogP contribution in [0.15, 0.2) is 16.9 Å². The van der Waals surface area contributed by atoms with E-state index in [2.05, 4.69) is 10.3 Å². The van der Waals surface area contributed by atoms with E-state index < -0.39 is 11.4 Å². The maximum atomic E-state index is 13.6. The van der Waals surface area contributed by atoms with Gasteiger partial charge in [0.15, 0.2) is 5.78 Å². The van der Waals surface area contributed by atoms with Crippen molar-refractivity contribution < 1.29 is 23.9 Å². The number of amides is 1. The van der Waals surface area contributed by atoms with Gasteiger partial charge in [-0.1, -0.05) is 19.3 Å². The van der Waals surface area contributed by atoms with E-state index >= 15 is 0 Å². The normalized spacial score (nSPS) is 24.7. The lowest BCUT2D eigenvalue weighted by atomic mass is 9.67. The Morgan fingerprint density at radius 3 is 2.90 bits per heavy atom. The number of hydrogen-bond acceptors (Lipinski definition) is 6. The average Bonchev–Trinajstić information content (AvgIpc) is 3.28. The molecule has 2 atom stereocenters. The van der Waals surface area contributed by atoms with Crippen LogP contribution >= 0.6 is 11.3 Å². The van der Waals surface area contributed by atoms with Crippen LogP contribution in [-0.2, 0) is 9.59 Å². The fourth-order valence-electron chi connectivity index (χ4n) is 4.63. The summed E-state index contributed by atoms with van der Waals surface area (Å²) in [5.41, 5.74) is 0.306. The minimum absolute atomic E-state index is 0.110. The molecule has 0 bridgehead atoms. The SMILES string of the molecule is Cc1c(-c2ncco2)sc2c1C(=O)C1(CCCCC(CCC(=O)O)CC1)C(=O)N2. The van der Waals surface area contributed by atoms with Crippen molar-refractivity contribution in [1.82, 2.24) is 4.98 Å². The molecule has 2 N–H and O–H groups in total. The first-order valence-corrected chi connectivity index (χ1v) is 10.9. The molecule has 2 unspecified atom stereocenters. The predicted molar refractivity (Wildman–Crippen MR) is 108 cm³/mol. The second-order valence-corrected chi connectivity index (χ2v) is 9.07. The van der Waals surface area contributed by atoms with E-state index in [-0.39, 0.29) is 24.0 Å². The first-order chi connectivity index (χ1) is 13.9. The third kappa shape index (κ3) is 3.50. The Morgan fingerprint density at radius 1 is 1.34 bits per heavy atom. The number of thiophene rings is 1. The predicted octanol–water partition coefficient (Wildman–Crippen LogP) is 4.67. The molecule has 1 fully saturated rings. The summed E-state index contributed by atoms with van der Waals surface area (Å²) in [6.07, 6.45) is 8.11. The summed E-state index contributed by atoms with van der Waals surface area (Å²) >= 11 is 1.32. The number of hydrogen-bond donors (Lipinski definition) is 2. The van der Waals surface area contributed by atoms with E-state index in [1.807, 2.05) is 6.92 Å². The number of carboxylic acid groups (broad SMARTS) is 1. The number of Topliss-reactive ketones (excluding diaryl/α,β-unsaturated/α-hetero) is 1. The fraction of sp³-hybridized carbons (Fsp3) is 0.524. The van der Waals surface area contributed by atoms with Crippen LogP contribution in [0.4, 0.5) is 5.00 Å². The molecule has 29 heavy (non-hydrogen) atoms. The van der Waals surface area contributed by atoms with Crippen molar-refractivity contribution in [3.63, 3.8) is 0 Å². The van der Waals surface area contributed by atoms with Crippen LogP contribution in [0.25, 0.3) is 10.8 Å². The van der Waals surface area contributed by atoms with Gasteiger partial charge in [-0.2, -0.15) is 0 Å². The zero-order chi connectivity index (χ0) is 20.6. The summed E-state index contributed by atoms with van der Waals surface area (Å²) in [5.74, 6) is -0.456. The number of nitrogens with one attached hydrogen (secondary N) is 1. The molecular formula is C21H24N2O5S. The lowest BCUT2D eigenvalue weighted by Gasteiger charge is -2.37. The second-order valence-electron chi connectivity index (χ2n) is 8.05. The monoisotopic (exact) mass is 416 g/mol. The molecule has 1 amide bonds. The molecule has 8 heteroatoms. The van der Waals surface area contributed by atoms with Crippen LogP contribution in [0.5, 0.6) is 0 Å². The van der Waals surface area contributed by atoms with Gasteiger partial charge in [-0.15, -0.1) is 11.3 Å². The van der Waals surface area contributed by atoms with Gasteiger partial charge in [-0.05, 0) is 44.1 Å². The van der Waals surface area contributed by atoms with E-state index in [0.717, 1.165) is 29.7 Å². The summed E-state index contributed by atoms with van der Waals surface area (Å²) in [6.45, 7) is 1.87. The van der Waals surface area contributed by atoms with E-state index in [1.54, 1.807) is 6.20 Å². The van der Waals surface area contributed by atoms with Gasteiger partial charge in [0.05, 0.1) is 16.6 Å². The summed E-state index contributed by atoms with van der Waals surface area (Å²) in [4.78, 5) is 42.7. The topological polar surface area (TPSA) is 110 Å². The number of ketones is 1. The molecule has 7 nitrogen and oxygen atoms in total. The number of carbonyl (C=O) groups excluding carboxylic acids is 2. The Bertz CT molecular complexity index is 949. The fourth-order valence-corrected chi connectivity index (χ4v) is 5.77. The number of carboxylic acids is 1. The number of rotatable bonds is 4. The molecule has 1 aliphatic carbocycles. The summed E-state index contributed by atoms with van der Waals surface area (Å²) in [6, 6.07) is 0. The molecule has 0 saturated heterocycles. The molecule has 2 aliphatic rings. The minimum atomic E-state index is -1.06. The number of aliphatic carboxylic acids is 1. The van der Waals surface area contributed by atoms with E-state index in [9.17, 15) is 14.4 Å². The van der Waals surface area contributed by atoms with Crippen LogP contribution in [0, 0.1) is 18.3 Å². The first kappa shape index (κ1) is 19.8. The highest BCUT2D eigenvalue weighted by atomic mass is 32.1. The molecule has 1 aliphatic heterocycles. The third-order valence-corrected chi connectivity index (χ3v) is 7.50. The largest absolute Gasteiger partial charge is 0.481 e. The van der Waals surface area contributed by atoms with Crippen molar-refractivity contribution in [2.24, 2.45) is 11.3 Å². The lowest BCUT2D eigenvalue weighted by Crippen LogP contribution is -2.47. The number of aromatic nitrogens is 1. The molecule has 0 radical (unpaired) electrons. The molecule has 1 spiro atoms. The number of oxazole rings is 1. The molecule has 154 valence electrons. The van der Waals surface area contributed by atoms with Gasteiger partial charge in [-0.3, -0.25) is 14.4 Å². The van der Waals surface area contributed by atoms with Gasteiger partial charge in [-0.25, -0.2) is 4.98 Å². The summed E-state index contributed by atoms with van der Waals surface area (Å²) < 4.78 is 5.40. The van der Waals surface area contributed by atoms with Gasteiger partial charge in [0.25, 0.3) is 0 Å². The van der Waals surface area contributed by atoms with Crippen LogP contribution in [-0.4, -0.2) is 27.8 Å². The highest BCUT2D eigenvalue weighted by Gasteiger charge is 2.51. The molecule has 2 aromatic heterocycles. The van der Waals surface area contributed by atoms with Gasteiger partial charge < -0.3 is 14.8 Å². The van der Waals surface area contributed by atoms with Crippen molar-refractivity contribution in [2.75, 3.05) is 5.32 Å². The van der Waals surface area contributed by atoms with Gasteiger partial charge >= 0.3 is 5.97 Å². The maximum Gasteiger partial charge on any atom is 0.303 e. The van der Waals surface area contributed by atoms with Crippen LogP contribution in [0.3, 0.4) is 0 Å². The molecule has 2 aromatic rings. The summed E-state index contributed by atoms with van der Waals surface area (Å²) in [5, 5.41) is 12.5. The van der Waals surface area contributed by atoms with Crippen molar-refractivity contribution in [2.45, 2.75) is 58.3 Å². The molecule has 1 saturated carbocycles. The van der Waals surface area contributed by atoms with Crippen LogP contribution in [0.2, 0.25) is 0 Å². The van der Waals surface area contributed by atoms with Gasteiger partial charge in [0, 0.05) is 6.42 Å². The van der Waals surface area contributed by atoms with Crippen molar-refractivity contribution >= 4 is 34.0 Å². The molecule has 0 aromatic carbocycles. The zero-order valence-corrected chi connectivity index (χ0v) is 17.1. The van der Waals surface area contributed by atoms with Crippen LogP contribution in [0.1, 0.15) is 67.3 Å². The average molecular weight is 416 g/mol. The third-order valence-electron chi connectivity index (χ3n) is 6.31. The van der Waals surface area contributed by atoms with E-state index in [4.69, 9.17) is 9.52 Å². The van der Waals surface area contributed by atoms with Crippen molar-refractivity contribution in [3.05, 3.63) is 23.6 Å². The first-order valence-electron chi connectivity index (χ1n) is 10.0.